The lowest BCUT2D eigenvalue weighted by molar-refractivity contribution is -0.138. The van der Waals surface area contributed by atoms with Gasteiger partial charge in [-0.25, -0.2) is 0 Å². The molecule has 0 amide bonds. The van der Waals surface area contributed by atoms with Crippen molar-refractivity contribution in [3.63, 3.8) is 0 Å². The van der Waals surface area contributed by atoms with Crippen LogP contribution >= 0.6 is 0 Å². The Morgan fingerprint density at radius 2 is 1.69 bits per heavy atom. The van der Waals surface area contributed by atoms with E-state index in [1.54, 1.807) is 54.6 Å². The minimum Gasteiger partial charge on any atom is -0.486 e. The average molecular weight is 442 g/mol. The van der Waals surface area contributed by atoms with Crippen molar-refractivity contribution in [3.8, 4) is 17.2 Å². The van der Waals surface area contributed by atoms with Crippen LogP contribution in [0, 0.1) is 6.92 Å². The Bertz CT molecular complexity index is 1100. The first-order valence-electron chi connectivity index (χ1n) is 9.76. The van der Waals surface area contributed by atoms with Crippen LogP contribution in [0.3, 0.4) is 0 Å². The number of halogens is 3. The Kier molecular flexibility index (Phi) is 7.20. The molecule has 0 aliphatic carbocycles. The van der Waals surface area contributed by atoms with E-state index in [9.17, 15) is 18.0 Å². The topological polar surface area (TPSA) is 55.8 Å². The van der Waals surface area contributed by atoms with Gasteiger partial charge in [-0.3, -0.25) is 4.79 Å². The minimum atomic E-state index is -4.36. The van der Waals surface area contributed by atoms with Crippen molar-refractivity contribution in [3.05, 3.63) is 95.1 Å². The van der Waals surface area contributed by atoms with E-state index in [2.05, 4.69) is 0 Å². The summed E-state index contributed by atoms with van der Waals surface area (Å²) in [6, 6.07) is 17.1. The molecular weight excluding hydrogens is 421 g/mol. The molecule has 0 saturated carbocycles. The number of alkyl halides is 3. The van der Waals surface area contributed by atoms with E-state index in [0.29, 0.717) is 28.4 Å². The summed E-state index contributed by atoms with van der Waals surface area (Å²) in [6.45, 7) is 2.03. The second kappa shape index (κ2) is 10.0. The normalized spacial score (nSPS) is 11.5. The van der Waals surface area contributed by atoms with E-state index in [0.717, 1.165) is 17.7 Å². The van der Waals surface area contributed by atoms with Gasteiger partial charge in [-0.05, 0) is 66.1 Å². The number of rotatable bonds is 8. The number of carbonyl (C=O) groups is 1. The van der Waals surface area contributed by atoms with E-state index in [-0.39, 0.29) is 13.0 Å². The summed E-state index contributed by atoms with van der Waals surface area (Å²) >= 11 is 0. The number of hydrogen-bond donors (Lipinski definition) is 1. The molecule has 0 atom stereocenters. The molecule has 166 valence electrons. The first-order chi connectivity index (χ1) is 15.2. The number of ether oxygens (including phenoxy) is 2. The fourth-order valence-corrected chi connectivity index (χ4v) is 3.05. The second-order valence-electron chi connectivity index (χ2n) is 7.11. The Morgan fingerprint density at radius 1 is 1.00 bits per heavy atom. The summed E-state index contributed by atoms with van der Waals surface area (Å²) < 4.78 is 49.6. The summed E-state index contributed by atoms with van der Waals surface area (Å²) in [6.07, 6.45) is -1.11. The first-order valence-corrected chi connectivity index (χ1v) is 9.76. The molecule has 0 saturated heterocycles. The summed E-state index contributed by atoms with van der Waals surface area (Å²) in [7, 11) is 0. The maximum atomic E-state index is 12.6. The summed E-state index contributed by atoms with van der Waals surface area (Å²) in [5.74, 6) is 0.510. The highest BCUT2D eigenvalue weighted by molar-refractivity contribution is 5.70. The lowest BCUT2D eigenvalue weighted by Gasteiger charge is -2.13. The van der Waals surface area contributed by atoms with Gasteiger partial charge < -0.3 is 14.6 Å². The molecule has 0 unspecified atom stereocenters. The smallest absolute Gasteiger partial charge is 0.416 e. The van der Waals surface area contributed by atoms with Gasteiger partial charge in [-0.15, -0.1) is 0 Å². The van der Waals surface area contributed by atoms with Gasteiger partial charge in [-0.1, -0.05) is 36.4 Å². The second-order valence-corrected chi connectivity index (χ2v) is 7.11. The van der Waals surface area contributed by atoms with Gasteiger partial charge in [0.05, 0.1) is 12.0 Å². The molecule has 0 fully saturated rings. The number of carboxylic acids is 1. The number of para-hydroxylation sites is 2. The highest BCUT2D eigenvalue weighted by Crippen LogP contribution is 2.32. The Balaban J connectivity index is 1.65. The molecule has 0 aromatic heterocycles. The number of aryl methyl sites for hydroxylation is 1. The minimum absolute atomic E-state index is 0.106. The van der Waals surface area contributed by atoms with Gasteiger partial charge in [0.2, 0.25) is 0 Å². The molecule has 0 heterocycles. The third-order valence-electron chi connectivity index (χ3n) is 4.43. The van der Waals surface area contributed by atoms with Crippen LogP contribution in [0.15, 0.2) is 72.8 Å². The van der Waals surface area contributed by atoms with Crippen molar-refractivity contribution in [2.75, 3.05) is 6.61 Å². The fourth-order valence-electron chi connectivity index (χ4n) is 3.05. The van der Waals surface area contributed by atoms with Crippen molar-refractivity contribution in [1.29, 1.82) is 0 Å². The average Bonchev–Trinajstić information content (AvgIpc) is 2.71. The van der Waals surface area contributed by atoms with E-state index >= 15 is 0 Å². The lowest BCUT2D eigenvalue weighted by Crippen LogP contribution is -2.04. The zero-order valence-electron chi connectivity index (χ0n) is 17.2. The van der Waals surface area contributed by atoms with Gasteiger partial charge in [0, 0.05) is 0 Å². The third-order valence-corrected chi connectivity index (χ3v) is 4.43. The predicted molar refractivity (Wildman–Crippen MR) is 115 cm³/mol. The summed E-state index contributed by atoms with van der Waals surface area (Å²) in [5.41, 5.74) is 1.43. The van der Waals surface area contributed by atoms with Crippen LogP contribution in [-0.4, -0.2) is 17.7 Å². The highest BCUT2D eigenvalue weighted by Gasteiger charge is 2.29. The number of aliphatic carboxylic acids is 1. The molecule has 0 spiro atoms. The van der Waals surface area contributed by atoms with E-state index in [1.807, 2.05) is 6.92 Å². The van der Waals surface area contributed by atoms with Crippen molar-refractivity contribution < 1.29 is 32.5 Å². The largest absolute Gasteiger partial charge is 0.486 e. The quantitative estimate of drug-likeness (QED) is 0.431. The number of benzene rings is 3. The Labute approximate surface area is 183 Å². The van der Waals surface area contributed by atoms with Gasteiger partial charge in [0.15, 0.2) is 11.5 Å². The molecule has 3 rings (SSSR count). The lowest BCUT2D eigenvalue weighted by atomic mass is 10.1. The molecule has 0 radical (unpaired) electrons. The van der Waals surface area contributed by atoms with Gasteiger partial charge in [0.25, 0.3) is 0 Å². The van der Waals surface area contributed by atoms with Crippen LogP contribution in [0.2, 0.25) is 0 Å². The highest BCUT2D eigenvalue weighted by atomic mass is 19.4. The fraction of sp³-hybridized carbons (Fsp3) is 0.160. The summed E-state index contributed by atoms with van der Waals surface area (Å²) in [4.78, 5) is 11.0. The van der Waals surface area contributed by atoms with Crippen LogP contribution in [0.4, 0.5) is 13.2 Å². The van der Waals surface area contributed by atoms with Gasteiger partial charge >= 0.3 is 12.1 Å². The van der Waals surface area contributed by atoms with E-state index < -0.39 is 17.7 Å². The molecule has 7 heteroatoms. The monoisotopic (exact) mass is 442 g/mol. The molecule has 3 aromatic rings. The van der Waals surface area contributed by atoms with Crippen molar-refractivity contribution in [2.24, 2.45) is 0 Å². The van der Waals surface area contributed by atoms with Crippen LogP contribution in [-0.2, 0) is 17.4 Å². The molecule has 0 aliphatic heterocycles. The van der Waals surface area contributed by atoms with Crippen LogP contribution in [0.1, 0.15) is 22.3 Å². The Hall–Kier alpha value is -3.74. The predicted octanol–water partition coefficient (Wildman–Crippen LogP) is 6.53. The molecule has 32 heavy (non-hydrogen) atoms. The SMILES string of the molecule is Cc1cc(CC(=O)O)cc(Oc2ccccc2OCC=Cc2ccc(C(F)(F)F)cc2)c1. The zero-order valence-corrected chi connectivity index (χ0v) is 17.2. The molecule has 1 N–H and O–H groups in total. The van der Waals surface area contributed by atoms with Gasteiger partial charge in [-0.2, -0.15) is 13.2 Å². The van der Waals surface area contributed by atoms with E-state index in [4.69, 9.17) is 14.6 Å². The molecule has 0 aliphatic rings. The van der Waals surface area contributed by atoms with E-state index in [1.165, 1.54) is 12.1 Å². The van der Waals surface area contributed by atoms with Crippen LogP contribution in [0.25, 0.3) is 6.08 Å². The van der Waals surface area contributed by atoms with Crippen LogP contribution in [0.5, 0.6) is 17.2 Å². The van der Waals surface area contributed by atoms with Crippen LogP contribution < -0.4 is 9.47 Å². The van der Waals surface area contributed by atoms with Crippen molar-refractivity contribution >= 4 is 12.0 Å². The maximum Gasteiger partial charge on any atom is 0.416 e. The summed E-state index contributed by atoms with van der Waals surface area (Å²) in [5, 5.41) is 9.02. The van der Waals surface area contributed by atoms with Crippen molar-refractivity contribution in [1.82, 2.24) is 0 Å². The zero-order chi connectivity index (χ0) is 23.1. The maximum absolute atomic E-state index is 12.6. The van der Waals surface area contributed by atoms with Crippen molar-refractivity contribution in [2.45, 2.75) is 19.5 Å². The standard InChI is InChI=1S/C25H21F3O4/c1-17-13-19(16-24(29)30)15-21(14-17)32-23-7-3-2-6-22(23)31-12-4-5-18-8-10-20(11-9-18)25(26,27)28/h2-11,13-15H,12,16H2,1H3,(H,29,30). The molecular formula is C25H21F3O4. The Morgan fingerprint density at radius 3 is 2.34 bits per heavy atom. The molecule has 4 nitrogen and oxygen atoms in total. The third kappa shape index (κ3) is 6.63. The molecule has 3 aromatic carbocycles. The molecule has 0 bridgehead atoms. The van der Waals surface area contributed by atoms with Gasteiger partial charge in [0.1, 0.15) is 12.4 Å². The first kappa shape index (κ1) is 22.9. The number of hydrogen-bond acceptors (Lipinski definition) is 3. The number of carboxylic acid groups (broad SMARTS) is 1.